The first kappa shape index (κ1) is 21.5. The summed E-state index contributed by atoms with van der Waals surface area (Å²) in [6.07, 6.45) is 0. The summed E-state index contributed by atoms with van der Waals surface area (Å²) in [5, 5.41) is 2.85. The molecule has 31 heavy (non-hydrogen) atoms. The monoisotopic (exact) mass is 415 g/mol. The van der Waals surface area contributed by atoms with Gasteiger partial charge in [-0.1, -0.05) is 24.0 Å². The quantitative estimate of drug-likeness (QED) is 0.501. The fourth-order valence-corrected chi connectivity index (χ4v) is 2.80. The summed E-state index contributed by atoms with van der Waals surface area (Å²) >= 11 is 0. The summed E-state index contributed by atoms with van der Waals surface area (Å²) in [6.45, 7) is 0. The molecule has 3 aromatic carbocycles. The van der Waals surface area contributed by atoms with Crippen LogP contribution in [0.4, 0.5) is 5.69 Å². The van der Waals surface area contributed by atoms with Gasteiger partial charge in [-0.05, 0) is 48.5 Å². The third-order valence-electron chi connectivity index (χ3n) is 4.37. The Morgan fingerprint density at radius 3 is 1.97 bits per heavy atom. The van der Waals surface area contributed by atoms with Crippen LogP contribution in [-0.2, 0) is 4.74 Å². The Kier molecular flexibility index (Phi) is 6.92. The molecule has 0 fully saturated rings. The minimum atomic E-state index is -0.414. The fourth-order valence-electron chi connectivity index (χ4n) is 2.80. The number of hydrogen-bond acceptors (Lipinski definition) is 5. The maximum Gasteiger partial charge on any atom is 0.337 e. The number of rotatable bonds is 5. The highest BCUT2D eigenvalue weighted by atomic mass is 16.5. The van der Waals surface area contributed by atoms with E-state index in [9.17, 15) is 9.59 Å². The molecule has 0 radical (unpaired) electrons. The summed E-state index contributed by atoms with van der Waals surface area (Å²) in [7, 11) is 4.39. The van der Waals surface area contributed by atoms with Gasteiger partial charge in [-0.25, -0.2) is 4.79 Å². The Hall–Kier alpha value is -4.24. The largest absolute Gasteiger partial charge is 0.497 e. The number of esters is 1. The van der Waals surface area contributed by atoms with Crippen LogP contribution in [0.5, 0.6) is 11.5 Å². The zero-order valence-corrected chi connectivity index (χ0v) is 17.4. The van der Waals surface area contributed by atoms with Crippen LogP contribution in [0.25, 0.3) is 0 Å². The Bertz CT molecular complexity index is 1150. The van der Waals surface area contributed by atoms with Crippen molar-refractivity contribution in [3.63, 3.8) is 0 Å². The van der Waals surface area contributed by atoms with Crippen LogP contribution in [-0.4, -0.2) is 33.2 Å². The Morgan fingerprint density at radius 2 is 1.35 bits per heavy atom. The third kappa shape index (κ3) is 5.64. The number of carbonyl (C=O) groups excluding carboxylic acids is 2. The number of nitrogens with one attached hydrogen (secondary N) is 1. The van der Waals surface area contributed by atoms with E-state index < -0.39 is 5.97 Å². The molecule has 1 N–H and O–H groups in total. The molecule has 0 bridgehead atoms. The van der Waals surface area contributed by atoms with Gasteiger partial charge < -0.3 is 19.5 Å². The predicted molar refractivity (Wildman–Crippen MR) is 118 cm³/mol. The van der Waals surface area contributed by atoms with Crippen molar-refractivity contribution in [3.8, 4) is 23.3 Å². The lowest BCUT2D eigenvalue weighted by molar-refractivity contribution is 0.0600. The lowest BCUT2D eigenvalue weighted by atomic mass is 10.1. The molecule has 0 saturated heterocycles. The van der Waals surface area contributed by atoms with Crippen LogP contribution in [0.15, 0.2) is 66.7 Å². The van der Waals surface area contributed by atoms with E-state index in [-0.39, 0.29) is 5.91 Å². The first-order chi connectivity index (χ1) is 15.0. The standard InChI is InChI=1S/C25H21NO5/c1-29-22-14-20(15-23(16-22)30-2)24(27)26-21-9-5-7-18(13-21)11-10-17-6-4-8-19(12-17)25(28)31-3/h4-9,12-16H,1-3H3,(H,26,27). The van der Waals surface area contributed by atoms with E-state index in [1.807, 2.05) is 6.07 Å². The molecule has 156 valence electrons. The first-order valence-electron chi connectivity index (χ1n) is 9.37. The summed E-state index contributed by atoms with van der Waals surface area (Å²) in [6, 6.07) is 19.0. The van der Waals surface area contributed by atoms with Crippen LogP contribution in [0.1, 0.15) is 31.8 Å². The lowest BCUT2D eigenvalue weighted by Crippen LogP contribution is -2.12. The van der Waals surface area contributed by atoms with Gasteiger partial charge in [0.15, 0.2) is 0 Å². The number of carbonyl (C=O) groups is 2. The zero-order chi connectivity index (χ0) is 22.2. The van der Waals surface area contributed by atoms with Gasteiger partial charge in [-0.15, -0.1) is 0 Å². The fraction of sp³-hybridized carbons (Fsp3) is 0.120. The SMILES string of the molecule is COC(=O)c1cccc(C#Cc2cccc(NC(=O)c3cc(OC)cc(OC)c3)c2)c1. The van der Waals surface area contributed by atoms with Crippen LogP contribution < -0.4 is 14.8 Å². The van der Waals surface area contributed by atoms with Crippen molar-refractivity contribution in [2.45, 2.75) is 0 Å². The average Bonchev–Trinajstić information content (AvgIpc) is 2.82. The van der Waals surface area contributed by atoms with Gasteiger partial charge in [-0.2, -0.15) is 0 Å². The molecule has 0 spiro atoms. The van der Waals surface area contributed by atoms with E-state index in [2.05, 4.69) is 17.2 Å². The summed E-state index contributed by atoms with van der Waals surface area (Å²) < 4.78 is 15.2. The maximum absolute atomic E-state index is 12.7. The zero-order valence-electron chi connectivity index (χ0n) is 17.4. The van der Waals surface area contributed by atoms with Crippen molar-refractivity contribution < 1.29 is 23.8 Å². The van der Waals surface area contributed by atoms with Crippen molar-refractivity contribution in [1.29, 1.82) is 0 Å². The smallest absolute Gasteiger partial charge is 0.337 e. The van der Waals surface area contributed by atoms with Crippen LogP contribution >= 0.6 is 0 Å². The Morgan fingerprint density at radius 1 is 0.742 bits per heavy atom. The molecule has 0 aliphatic carbocycles. The van der Waals surface area contributed by atoms with Gasteiger partial charge >= 0.3 is 5.97 Å². The molecule has 6 heteroatoms. The van der Waals surface area contributed by atoms with Gasteiger partial charge in [0.2, 0.25) is 0 Å². The number of anilines is 1. The van der Waals surface area contributed by atoms with E-state index in [4.69, 9.17) is 14.2 Å². The lowest BCUT2D eigenvalue weighted by Gasteiger charge is -2.09. The predicted octanol–water partition coefficient (Wildman–Crippen LogP) is 4.14. The molecule has 0 aliphatic heterocycles. The van der Waals surface area contributed by atoms with E-state index in [0.29, 0.717) is 39.4 Å². The highest BCUT2D eigenvalue weighted by Gasteiger charge is 2.10. The summed E-state index contributed by atoms with van der Waals surface area (Å²) in [4.78, 5) is 24.3. The second kappa shape index (κ2) is 9.99. The normalized spacial score (nSPS) is 9.77. The van der Waals surface area contributed by atoms with Crippen molar-refractivity contribution in [1.82, 2.24) is 0 Å². The molecule has 3 rings (SSSR count). The van der Waals surface area contributed by atoms with Crippen molar-refractivity contribution in [2.24, 2.45) is 0 Å². The highest BCUT2D eigenvalue weighted by molar-refractivity contribution is 6.04. The Balaban J connectivity index is 1.78. The molecule has 0 heterocycles. The molecule has 0 unspecified atom stereocenters. The van der Waals surface area contributed by atoms with Crippen LogP contribution in [0.3, 0.4) is 0 Å². The van der Waals surface area contributed by atoms with Gasteiger partial charge in [0.1, 0.15) is 11.5 Å². The molecule has 1 amide bonds. The van der Waals surface area contributed by atoms with Gasteiger partial charge in [0.05, 0.1) is 26.9 Å². The van der Waals surface area contributed by atoms with Crippen LogP contribution in [0.2, 0.25) is 0 Å². The van der Waals surface area contributed by atoms with E-state index in [1.54, 1.807) is 60.7 Å². The highest BCUT2D eigenvalue weighted by Crippen LogP contribution is 2.23. The van der Waals surface area contributed by atoms with Crippen molar-refractivity contribution >= 4 is 17.6 Å². The van der Waals surface area contributed by atoms with E-state index >= 15 is 0 Å². The number of hydrogen-bond donors (Lipinski definition) is 1. The van der Waals surface area contributed by atoms with Crippen LogP contribution in [0, 0.1) is 11.8 Å². The number of ether oxygens (including phenoxy) is 3. The molecular weight excluding hydrogens is 394 g/mol. The molecule has 0 aromatic heterocycles. The molecule has 0 saturated carbocycles. The van der Waals surface area contributed by atoms with Gasteiger partial charge in [0.25, 0.3) is 5.91 Å². The number of methoxy groups -OCH3 is 3. The maximum atomic E-state index is 12.7. The molecule has 6 nitrogen and oxygen atoms in total. The van der Waals surface area contributed by atoms with E-state index in [1.165, 1.54) is 21.3 Å². The average molecular weight is 415 g/mol. The number of benzene rings is 3. The van der Waals surface area contributed by atoms with Gasteiger partial charge in [-0.3, -0.25) is 4.79 Å². The second-order valence-electron chi connectivity index (χ2n) is 6.46. The van der Waals surface area contributed by atoms with Crippen molar-refractivity contribution in [2.75, 3.05) is 26.6 Å². The summed E-state index contributed by atoms with van der Waals surface area (Å²) in [5.74, 6) is 6.40. The third-order valence-corrected chi connectivity index (χ3v) is 4.37. The van der Waals surface area contributed by atoms with E-state index in [0.717, 1.165) is 0 Å². The minimum Gasteiger partial charge on any atom is -0.497 e. The topological polar surface area (TPSA) is 73.9 Å². The molecule has 3 aromatic rings. The second-order valence-corrected chi connectivity index (χ2v) is 6.46. The number of amides is 1. The molecule has 0 atom stereocenters. The Labute approximate surface area is 180 Å². The first-order valence-corrected chi connectivity index (χ1v) is 9.37. The van der Waals surface area contributed by atoms with Gasteiger partial charge in [0, 0.05) is 28.4 Å². The van der Waals surface area contributed by atoms with Crippen molar-refractivity contribution in [3.05, 3.63) is 89.0 Å². The molecule has 0 aliphatic rings. The molecular formula is C25H21NO5. The minimum absolute atomic E-state index is 0.298. The summed E-state index contributed by atoms with van der Waals surface area (Å²) in [5.41, 5.74) is 2.84.